The first-order chi connectivity index (χ1) is 10.1. The molecule has 2 N–H and O–H groups in total. The Morgan fingerprint density at radius 1 is 1.29 bits per heavy atom. The second-order valence-electron chi connectivity index (χ2n) is 4.78. The third kappa shape index (κ3) is 2.75. The van der Waals surface area contributed by atoms with Gasteiger partial charge in [-0.3, -0.25) is 4.79 Å². The highest BCUT2D eigenvalue weighted by atomic mass is 32.1. The van der Waals surface area contributed by atoms with Crippen LogP contribution in [-0.4, -0.2) is 23.6 Å². The second-order valence-corrected chi connectivity index (χ2v) is 5.69. The molecule has 1 aromatic carbocycles. The maximum absolute atomic E-state index is 12.3. The molecule has 6 heteroatoms. The van der Waals surface area contributed by atoms with E-state index in [1.807, 2.05) is 24.3 Å². The number of carbonyl (C=O) groups is 2. The minimum atomic E-state index is -1.04. The Balaban J connectivity index is 1.72. The first-order valence-corrected chi connectivity index (χ1v) is 7.35. The molecule has 1 aliphatic rings. The van der Waals surface area contributed by atoms with Crippen molar-refractivity contribution in [1.82, 2.24) is 0 Å². The predicted molar refractivity (Wildman–Crippen MR) is 79.0 cm³/mol. The van der Waals surface area contributed by atoms with Gasteiger partial charge in [0.05, 0.1) is 11.5 Å². The number of thiophene rings is 1. The number of anilines is 1. The summed E-state index contributed by atoms with van der Waals surface area (Å²) in [5.74, 6) is -0.765. The molecule has 2 aromatic rings. The van der Waals surface area contributed by atoms with Crippen LogP contribution < -0.4 is 10.1 Å². The molecule has 2 heterocycles. The zero-order chi connectivity index (χ0) is 14.8. The smallest absolute Gasteiger partial charge is 0.338 e. The summed E-state index contributed by atoms with van der Waals surface area (Å²) in [7, 11) is 0. The molecule has 5 nitrogen and oxygen atoms in total. The van der Waals surface area contributed by atoms with E-state index in [-0.39, 0.29) is 17.4 Å². The number of carboxylic acid groups (broad SMARTS) is 1. The van der Waals surface area contributed by atoms with E-state index in [2.05, 4.69) is 5.32 Å². The summed E-state index contributed by atoms with van der Waals surface area (Å²) in [4.78, 5) is 23.3. The highest BCUT2D eigenvalue weighted by Crippen LogP contribution is 2.29. The third-order valence-electron chi connectivity index (χ3n) is 3.38. The van der Waals surface area contributed by atoms with Crippen molar-refractivity contribution in [1.29, 1.82) is 0 Å². The fraction of sp³-hybridized carbons (Fsp3) is 0.200. The quantitative estimate of drug-likeness (QED) is 0.914. The van der Waals surface area contributed by atoms with Crippen molar-refractivity contribution in [2.24, 2.45) is 5.92 Å². The standard InChI is InChI=1S/C15H13NO4S/c17-13(16-14-11(15(18)19)5-6-21-14)10-7-9-3-1-2-4-12(9)20-8-10/h1-6,10H,7-8H2,(H,16,17)(H,18,19). The van der Waals surface area contributed by atoms with Crippen LogP contribution in [0.5, 0.6) is 5.75 Å². The molecule has 0 saturated heterocycles. The summed E-state index contributed by atoms with van der Waals surface area (Å²) in [6, 6.07) is 9.09. The van der Waals surface area contributed by atoms with Gasteiger partial charge in [0.25, 0.3) is 0 Å². The van der Waals surface area contributed by atoms with Crippen LogP contribution in [0.25, 0.3) is 0 Å². The van der Waals surface area contributed by atoms with E-state index >= 15 is 0 Å². The molecule has 0 bridgehead atoms. The fourth-order valence-corrected chi connectivity index (χ4v) is 3.07. The van der Waals surface area contributed by atoms with E-state index < -0.39 is 5.97 Å². The second kappa shape index (κ2) is 5.57. The normalized spacial score (nSPS) is 16.7. The van der Waals surface area contributed by atoms with Crippen LogP contribution in [0.1, 0.15) is 15.9 Å². The Hall–Kier alpha value is -2.34. The Morgan fingerprint density at radius 3 is 2.90 bits per heavy atom. The van der Waals surface area contributed by atoms with Gasteiger partial charge in [-0.15, -0.1) is 11.3 Å². The summed E-state index contributed by atoms with van der Waals surface area (Å²) in [5.41, 5.74) is 1.11. The lowest BCUT2D eigenvalue weighted by Crippen LogP contribution is -2.32. The van der Waals surface area contributed by atoms with E-state index in [9.17, 15) is 9.59 Å². The zero-order valence-electron chi connectivity index (χ0n) is 11.0. The number of nitrogens with one attached hydrogen (secondary N) is 1. The molecule has 0 fully saturated rings. The van der Waals surface area contributed by atoms with Gasteiger partial charge in [-0.05, 0) is 29.5 Å². The minimum Gasteiger partial charge on any atom is -0.492 e. The SMILES string of the molecule is O=C(O)c1ccsc1NC(=O)C1COc2ccccc2C1. The zero-order valence-corrected chi connectivity index (χ0v) is 11.9. The topological polar surface area (TPSA) is 75.6 Å². The van der Waals surface area contributed by atoms with Crippen molar-refractivity contribution in [2.75, 3.05) is 11.9 Å². The van der Waals surface area contributed by atoms with Gasteiger partial charge in [-0.25, -0.2) is 4.79 Å². The van der Waals surface area contributed by atoms with Gasteiger partial charge in [-0.1, -0.05) is 18.2 Å². The Kier molecular flexibility index (Phi) is 3.62. The molecule has 3 rings (SSSR count). The molecule has 108 valence electrons. The maximum atomic E-state index is 12.3. The van der Waals surface area contributed by atoms with Crippen molar-refractivity contribution in [3.8, 4) is 5.75 Å². The van der Waals surface area contributed by atoms with Crippen LogP contribution in [0.3, 0.4) is 0 Å². The molecular formula is C15H13NO4S. The van der Waals surface area contributed by atoms with Crippen LogP contribution in [-0.2, 0) is 11.2 Å². The number of carbonyl (C=O) groups excluding carboxylic acids is 1. The number of hydrogen-bond donors (Lipinski definition) is 2. The highest BCUT2D eigenvalue weighted by molar-refractivity contribution is 7.14. The van der Waals surface area contributed by atoms with Gasteiger partial charge < -0.3 is 15.2 Å². The van der Waals surface area contributed by atoms with Gasteiger partial charge >= 0.3 is 5.97 Å². The molecule has 0 spiro atoms. The maximum Gasteiger partial charge on any atom is 0.338 e. The molecule has 21 heavy (non-hydrogen) atoms. The lowest BCUT2D eigenvalue weighted by molar-refractivity contribution is -0.121. The van der Waals surface area contributed by atoms with Gasteiger partial charge in [-0.2, -0.15) is 0 Å². The lowest BCUT2D eigenvalue weighted by atomic mass is 9.96. The molecule has 1 amide bonds. The van der Waals surface area contributed by atoms with E-state index in [1.165, 1.54) is 17.4 Å². The molecule has 1 atom stereocenters. The van der Waals surface area contributed by atoms with E-state index in [4.69, 9.17) is 9.84 Å². The number of amides is 1. The first kappa shape index (κ1) is 13.6. The average molecular weight is 303 g/mol. The van der Waals surface area contributed by atoms with Crippen molar-refractivity contribution in [3.05, 3.63) is 46.8 Å². The highest BCUT2D eigenvalue weighted by Gasteiger charge is 2.27. The van der Waals surface area contributed by atoms with Crippen molar-refractivity contribution >= 4 is 28.2 Å². The number of fused-ring (bicyclic) bond motifs is 1. The van der Waals surface area contributed by atoms with Gasteiger partial charge in [0.2, 0.25) is 5.91 Å². The molecule has 0 aliphatic carbocycles. The third-order valence-corrected chi connectivity index (χ3v) is 4.21. The van der Waals surface area contributed by atoms with Crippen LogP contribution in [0, 0.1) is 5.92 Å². The molecule has 0 saturated carbocycles. The number of carboxylic acids is 1. The van der Waals surface area contributed by atoms with Crippen molar-refractivity contribution < 1.29 is 19.4 Å². The summed E-state index contributed by atoms with van der Waals surface area (Å²) in [6.45, 7) is 0.302. The number of ether oxygens (including phenoxy) is 1. The number of para-hydroxylation sites is 1. The van der Waals surface area contributed by atoms with E-state index in [0.717, 1.165) is 11.3 Å². The summed E-state index contributed by atoms with van der Waals surface area (Å²) in [6.07, 6.45) is 0.593. The van der Waals surface area contributed by atoms with Gasteiger partial charge in [0.15, 0.2) is 0 Å². The Morgan fingerprint density at radius 2 is 2.10 bits per heavy atom. The number of hydrogen-bond acceptors (Lipinski definition) is 4. The van der Waals surface area contributed by atoms with Gasteiger partial charge in [0, 0.05) is 0 Å². The van der Waals surface area contributed by atoms with E-state index in [1.54, 1.807) is 5.38 Å². The van der Waals surface area contributed by atoms with Crippen LogP contribution in [0.4, 0.5) is 5.00 Å². The van der Waals surface area contributed by atoms with Crippen LogP contribution in [0.15, 0.2) is 35.7 Å². The number of benzene rings is 1. The largest absolute Gasteiger partial charge is 0.492 e. The average Bonchev–Trinajstić information content (AvgIpc) is 2.95. The lowest BCUT2D eigenvalue weighted by Gasteiger charge is -2.24. The molecule has 0 radical (unpaired) electrons. The summed E-state index contributed by atoms with van der Waals surface area (Å²) >= 11 is 1.20. The van der Waals surface area contributed by atoms with Crippen molar-refractivity contribution in [3.63, 3.8) is 0 Å². The molecule has 1 aliphatic heterocycles. The van der Waals surface area contributed by atoms with E-state index in [0.29, 0.717) is 18.0 Å². The fourth-order valence-electron chi connectivity index (χ4n) is 2.28. The molecule has 1 unspecified atom stereocenters. The van der Waals surface area contributed by atoms with Crippen molar-refractivity contribution in [2.45, 2.75) is 6.42 Å². The summed E-state index contributed by atoms with van der Waals surface area (Å²) < 4.78 is 5.58. The Bertz CT molecular complexity index is 694. The molecular weight excluding hydrogens is 290 g/mol. The van der Waals surface area contributed by atoms with Gasteiger partial charge in [0.1, 0.15) is 17.4 Å². The van der Waals surface area contributed by atoms with Crippen LogP contribution in [0.2, 0.25) is 0 Å². The first-order valence-electron chi connectivity index (χ1n) is 6.47. The summed E-state index contributed by atoms with van der Waals surface area (Å²) in [5, 5.41) is 13.7. The Labute approximate surface area is 125 Å². The predicted octanol–water partition coefficient (Wildman–Crippen LogP) is 2.64. The number of aromatic carboxylic acids is 1. The number of rotatable bonds is 3. The minimum absolute atomic E-state index is 0.116. The molecule has 1 aromatic heterocycles. The monoisotopic (exact) mass is 303 g/mol. The van der Waals surface area contributed by atoms with Crippen LogP contribution >= 0.6 is 11.3 Å².